The molecule has 1 heterocycles. The number of nitrogens with one attached hydrogen (secondary N) is 2. The van der Waals surface area contributed by atoms with Crippen molar-refractivity contribution in [3.63, 3.8) is 0 Å². The second-order valence-electron chi connectivity index (χ2n) is 6.83. The van der Waals surface area contributed by atoms with E-state index in [0.29, 0.717) is 18.4 Å². The molecule has 0 radical (unpaired) electrons. The van der Waals surface area contributed by atoms with E-state index in [1.807, 2.05) is 0 Å². The van der Waals surface area contributed by atoms with Gasteiger partial charge in [0, 0.05) is 0 Å². The van der Waals surface area contributed by atoms with Crippen molar-refractivity contribution in [1.82, 2.24) is 15.5 Å². The third-order valence-corrected chi connectivity index (χ3v) is 5.12. The van der Waals surface area contributed by atoms with Gasteiger partial charge in [-0.15, -0.1) is 0 Å². The number of carbonyl (C=O) groups is 4. The average Bonchev–Trinajstić information content (AvgIpc) is 3.18. The predicted molar refractivity (Wildman–Crippen MR) is 92.6 cm³/mol. The summed E-state index contributed by atoms with van der Waals surface area (Å²) in [4.78, 5) is 50.4. The third-order valence-electron chi connectivity index (χ3n) is 5.12. The van der Waals surface area contributed by atoms with Crippen LogP contribution in [0.25, 0.3) is 0 Å². The van der Waals surface area contributed by atoms with Crippen molar-refractivity contribution in [3.05, 3.63) is 35.9 Å². The smallest absolute Gasteiger partial charge is 0.325 e. The molecule has 2 fully saturated rings. The first-order chi connectivity index (χ1) is 12.4. The molecule has 138 valence electrons. The number of hydrogen-bond donors (Lipinski definition) is 3. The van der Waals surface area contributed by atoms with Crippen LogP contribution in [0.1, 0.15) is 44.2 Å². The maximum atomic E-state index is 12.7. The predicted octanol–water partition coefficient (Wildman–Crippen LogP) is 0.582. The number of imide groups is 1. The Labute approximate surface area is 151 Å². The van der Waals surface area contributed by atoms with E-state index in [4.69, 9.17) is 5.73 Å². The Balaban J connectivity index is 1.76. The summed E-state index contributed by atoms with van der Waals surface area (Å²) in [5.41, 5.74) is 5.06. The van der Waals surface area contributed by atoms with Gasteiger partial charge in [0.15, 0.2) is 0 Å². The van der Waals surface area contributed by atoms with Crippen molar-refractivity contribution in [3.8, 4) is 0 Å². The van der Waals surface area contributed by atoms with Gasteiger partial charge in [0.25, 0.3) is 5.91 Å². The van der Waals surface area contributed by atoms with Gasteiger partial charge in [0.05, 0.1) is 0 Å². The number of rotatable bonds is 5. The summed E-state index contributed by atoms with van der Waals surface area (Å²) in [6.45, 7) is 1.46. The maximum absolute atomic E-state index is 12.7. The molecular formula is C18H22N4O4. The number of urea groups is 1. The number of amides is 5. The Morgan fingerprint density at radius 3 is 2.38 bits per heavy atom. The SMILES string of the molecule is CC(C(=O)NC(C(N)=O)c1ccccc1)N1C(=O)NC2(CCCC2)C1=O. The minimum absolute atomic E-state index is 0.377. The van der Waals surface area contributed by atoms with Crippen LogP contribution in [0.4, 0.5) is 4.79 Å². The van der Waals surface area contributed by atoms with Gasteiger partial charge >= 0.3 is 6.03 Å². The summed E-state index contributed by atoms with van der Waals surface area (Å²) in [5.74, 6) is -1.71. The van der Waals surface area contributed by atoms with Gasteiger partial charge in [-0.05, 0) is 25.3 Å². The Bertz CT molecular complexity index is 743. The van der Waals surface area contributed by atoms with Crippen LogP contribution in [-0.4, -0.2) is 40.2 Å². The van der Waals surface area contributed by atoms with E-state index in [2.05, 4.69) is 10.6 Å². The van der Waals surface area contributed by atoms with E-state index < -0.39 is 35.5 Å². The largest absolute Gasteiger partial charge is 0.368 e. The highest BCUT2D eigenvalue weighted by atomic mass is 16.2. The number of benzene rings is 1. The second-order valence-corrected chi connectivity index (χ2v) is 6.83. The molecule has 1 spiro atoms. The van der Waals surface area contributed by atoms with Gasteiger partial charge in [0.2, 0.25) is 11.8 Å². The maximum Gasteiger partial charge on any atom is 0.325 e. The highest BCUT2D eigenvalue weighted by Gasteiger charge is 2.54. The number of primary amides is 1. The Hall–Kier alpha value is -2.90. The quantitative estimate of drug-likeness (QED) is 0.667. The summed E-state index contributed by atoms with van der Waals surface area (Å²) in [5, 5.41) is 5.28. The van der Waals surface area contributed by atoms with Crippen molar-refractivity contribution >= 4 is 23.8 Å². The van der Waals surface area contributed by atoms with E-state index in [-0.39, 0.29) is 5.91 Å². The summed E-state index contributed by atoms with van der Waals surface area (Å²) >= 11 is 0. The molecule has 3 rings (SSSR count). The van der Waals surface area contributed by atoms with Crippen LogP contribution in [0.3, 0.4) is 0 Å². The lowest BCUT2D eigenvalue weighted by Gasteiger charge is -2.25. The van der Waals surface area contributed by atoms with Crippen LogP contribution < -0.4 is 16.4 Å². The van der Waals surface area contributed by atoms with Crippen molar-refractivity contribution in [2.24, 2.45) is 5.73 Å². The Morgan fingerprint density at radius 1 is 1.19 bits per heavy atom. The molecule has 8 heteroatoms. The molecule has 2 aliphatic rings. The van der Waals surface area contributed by atoms with Gasteiger partial charge in [-0.2, -0.15) is 0 Å². The lowest BCUT2D eigenvalue weighted by Crippen LogP contribution is -2.51. The van der Waals surface area contributed by atoms with Crippen molar-refractivity contribution in [1.29, 1.82) is 0 Å². The fraction of sp³-hybridized carbons (Fsp3) is 0.444. The minimum atomic E-state index is -1.05. The van der Waals surface area contributed by atoms with Crippen LogP contribution in [0.2, 0.25) is 0 Å². The molecule has 5 amide bonds. The summed E-state index contributed by atoms with van der Waals surface area (Å²) in [6, 6.07) is 5.91. The van der Waals surface area contributed by atoms with E-state index in [1.54, 1.807) is 30.3 Å². The molecule has 1 aliphatic carbocycles. The van der Waals surface area contributed by atoms with Crippen LogP contribution in [-0.2, 0) is 14.4 Å². The topological polar surface area (TPSA) is 122 Å². The molecular weight excluding hydrogens is 336 g/mol. The summed E-state index contributed by atoms with van der Waals surface area (Å²) in [7, 11) is 0. The normalized spacial score (nSPS) is 20.7. The lowest BCUT2D eigenvalue weighted by atomic mass is 9.97. The van der Waals surface area contributed by atoms with E-state index in [9.17, 15) is 19.2 Å². The standard InChI is InChI=1S/C18H22N4O4/c1-11(22-16(25)18(21-17(22)26)9-5-6-10-18)15(24)20-13(14(19)23)12-7-3-2-4-8-12/h2-4,7-8,11,13H,5-6,9-10H2,1H3,(H2,19,23)(H,20,24)(H,21,26). The van der Waals surface area contributed by atoms with Crippen molar-refractivity contribution in [2.75, 3.05) is 0 Å². The van der Waals surface area contributed by atoms with E-state index in [1.165, 1.54) is 6.92 Å². The molecule has 4 N–H and O–H groups in total. The monoisotopic (exact) mass is 358 g/mol. The molecule has 1 saturated heterocycles. The van der Waals surface area contributed by atoms with Crippen LogP contribution in [0.15, 0.2) is 30.3 Å². The number of carbonyl (C=O) groups excluding carboxylic acids is 4. The lowest BCUT2D eigenvalue weighted by molar-refractivity contribution is -0.138. The fourth-order valence-corrected chi connectivity index (χ4v) is 3.65. The zero-order valence-electron chi connectivity index (χ0n) is 14.5. The highest BCUT2D eigenvalue weighted by Crippen LogP contribution is 2.35. The zero-order valence-corrected chi connectivity index (χ0v) is 14.5. The number of hydrogen-bond acceptors (Lipinski definition) is 4. The van der Waals surface area contributed by atoms with Gasteiger partial charge in [0.1, 0.15) is 17.6 Å². The first kappa shape index (κ1) is 17.9. The highest BCUT2D eigenvalue weighted by molar-refractivity contribution is 6.10. The molecule has 1 aromatic carbocycles. The fourth-order valence-electron chi connectivity index (χ4n) is 3.65. The molecule has 2 atom stereocenters. The van der Waals surface area contributed by atoms with E-state index >= 15 is 0 Å². The Kier molecular flexibility index (Phi) is 4.67. The molecule has 1 aliphatic heterocycles. The molecule has 1 aromatic rings. The third kappa shape index (κ3) is 3.02. The number of nitrogens with zero attached hydrogens (tertiary/aromatic N) is 1. The molecule has 0 aromatic heterocycles. The van der Waals surface area contributed by atoms with Crippen LogP contribution in [0.5, 0.6) is 0 Å². The van der Waals surface area contributed by atoms with Gasteiger partial charge in [-0.1, -0.05) is 43.2 Å². The first-order valence-electron chi connectivity index (χ1n) is 8.66. The summed E-state index contributed by atoms with van der Waals surface area (Å²) in [6.07, 6.45) is 2.88. The number of nitrogens with two attached hydrogens (primary N) is 1. The van der Waals surface area contributed by atoms with Gasteiger partial charge < -0.3 is 16.4 Å². The van der Waals surface area contributed by atoms with E-state index in [0.717, 1.165) is 17.7 Å². The van der Waals surface area contributed by atoms with Crippen molar-refractivity contribution in [2.45, 2.75) is 50.2 Å². The van der Waals surface area contributed by atoms with Gasteiger partial charge in [-0.25, -0.2) is 9.69 Å². The molecule has 0 bridgehead atoms. The van der Waals surface area contributed by atoms with Crippen molar-refractivity contribution < 1.29 is 19.2 Å². The molecule has 2 unspecified atom stereocenters. The zero-order chi connectivity index (χ0) is 18.9. The molecule has 8 nitrogen and oxygen atoms in total. The first-order valence-corrected chi connectivity index (χ1v) is 8.66. The summed E-state index contributed by atoms with van der Waals surface area (Å²) < 4.78 is 0. The van der Waals surface area contributed by atoms with Crippen LogP contribution >= 0.6 is 0 Å². The molecule has 26 heavy (non-hydrogen) atoms. The van der Waals surface area contributed by atoms with Crippen LogP contribution in [0, 0.1) is 0 Å². The Morgan fingerprint density at radius 2 is 1.81 bits per heavy atom. The van der Waals surface area contributed by atoms with Gasteiger partial charge in [-0.3, -0.25) is 14.4 Å². The molecule has 1 saturated carbocycles. The average molecular weight is 358 g/mol. The second kappa shape index (κ2) is 6.78. The minimum Gasteiger partial charge on any atom is -0.368 e.